The minimum absolute atomic E-state index is 0.0532. The van der Waals surface area contributed by atoms with Gasteiger partial charge in [0.05, 0.1) is 19.1 Å². The maximum atomic E-state index is 11.7. The molecule has 0 aliphatic carbocycles. The van der Waals surface area contributed by atoms with Crippen molar-refractivity contribution in [1.29, 1.82) is 0 Å². The van der Waals surface area contributed by atoms with Crippen molar-refractivity contribution in [3.8, 4) is 5.75 Å². The van der Waals surface area contributed by atoms with Crippen molar-refractivity contribution in [3.63, 3.8) is 0 Å². The fourth-order valence-electron chi connectivity index (χ4n) is 1.90. The molecule has 1 aromatic carbocycles. The summed E-state index contributed by atoms with van der Waals surface area (Å²) in [5.74, 6) is 0.833. The number of benzene rings is 1. The van der Waals surface area contributed by atoms with Gasteiger partial charge in [-0.1, -0.05) is 18.2 Å². The van der Waals surface area contributed by atoms with Gasteiger partial charge in [-0.25, -0.2) is 0 Å². The van der Waals surface area contributed by atoms with E-state index in [1.165, 1.54) is 0 Å². The molecule has 1 saturated heterocycles. The van der Waals surface area contributed by atoms with Crippen molar-refractivity contribution in [1.82, 2.24) is 4.90 Å². The zero-order chi connectivity index (χ0) is 12.1. The van der Waals surface area contributed by atoms with Gasteiger partial charge >= 0.3 is 0 Å². The van der Waals surface area contributed by atoms with Crippen molar-refractivity contribution in [3.05, 3.63) is 30.3 Å². The van der Waals surface area contributed by atoms with Crippen LogP contribution in [0.4, 0.5) is 0 Å². The number of β-amino-alcohol motifs (C(OH)–C–C–N with tert-alkyl or cyclic N) is 1. The molecule has 0 radical (unpaired) electrons. The molecule has 2 rings (SSSR count). The monoisotopic (exact) mass is 235 g/mol. The number of hydrogen-bond acceptors (Lipinski definition) is 3. The molecule has 0 bridgehead atoms. The number of amides is 1. The average Bonchev–Trinajstić information content (AvgIpc) is 2.77. The van der Waals surface area contributed by atoms with Gasteiger partial charge in [0.1, 0.15) is 5.75 Å². The molecule has 4 nitrogen and oxygen atoms in total. The summed E-state index contributed by atoms with van der Waals surface area (Å²) in [7, 11) is 0. The van der Waals surface area contributed by atoms with E-state index in [-0.39, 0.29) is 12.0 Å². The number of rotatable bonds is 4. The lowest BCUT2D eigenvalue weighted by Gasteiger charge is -2.15. The lowest BCUT2D eigenvalue weighted by molar-refractivity contribution is -0.131. The van der Waals surface area contributed by atoms with Crippen molar-refractivity contribution in [2.75, 3.05) is 19.7 Å². The van der Waals surface area contributed by atoms with E-state index < -0.39 is 0 Å². The Morgan fingerprint density at radius 2 is 2.18 bits per heavy atom. The van der Waals surface area contributed by atoms with Crippen LogP contribution in [-0.4, -0.2) is 41.7 Å². The smallest absolute Gasteiger partial charge is 0.226 e. The highest BCUT2D eigenvalue weighted by Crippen LogP contribution is 2.11. The van der Waals surface area contributed by atoms with Crippen LogP contribution in [0, 0.1) is 0 Å². The van der Waals surface area contributed by atoms with Crippen molar-refractivity contribution in [2.24, 2.45) is 0 Å². The average molecular weight is 235 g/mol. The third-order valence-electron chi connectivity index (χ3n) is 2.84. The molecule has 17 heavy (non-hydrogen) atoms. The summed E-state index contributed by atoms with van der Waals surface area (Å²) in [6.07, 6.45) is 0.696. The molecule has 4 heteroatoms. The van der Waals surface area contributed by atoms with Crippen LogP contribution >= 0.6 is 0 Å². The highest BCUT2D eigenvalue weighted by Gasteiger charge is 2.23. The number of aliphatic hydroxyl groups excluding tert-OH is 1. The van der Waals surface area contributed by atoms with Crippen molar-refractivity contribution in [2.45, 2.75) is 18.9 Å². The fourth-order valence-corrected chi connectivity index (χ4v) is 1.90. The van der Waals surface area contributed by atoms with Crippen LogP contribution in [0.25, 0.3) is 0 Å². The number of aliphatic hydroxyl groups is 1. The number of para-hydroxylation sites is 1. The van der Waals surface area contributed by atoms with E-state index in [4.69, 9.17) is 4.74 Å². The molecule has 0 spiro atoms. The molecule has 1 atom stereocenters. The number of carbonyl (C=O) groups excluding carboxylic acids is 1. The Labute approximate surface area is 101 Å². The molecule has 1 amide bonds. The second-order valence-corrected chi connectivity index (χ2v) is 4.19. The molecule has 0 aromatic heterocycles. The van der Waals surface area contributed by atoms with Crippen LogP contribution in [-0.2, 0) is 4.79 Å². The van der Waals surface area contributed by atoms with Crippen LogP contribution in [0.3, 0.4) is 0 Å². The molecule has 1 aromatic rings. The van der Waals surface area contributed by atoms with Gasteiger partial charge in [0.15, 0.2) is 0 Å². The van der Waals surface area contributed by atoms with E-state index >= 15 is 0 Å². The minimum Gasteiger partial charge on any atom is -0.493 e. The molecule has 1 heterocycles. The summed E-state index contributed by atoms with van der Waals surface area (Å²) in [4.78, 5) is 13.4. The Balaban J connectivity index is 1.70. The molecule has 1 fully saturated rings. The van der Waals surface area contributed by atoms with Gasteiger partial charge < -0.3 is 14.7 Å². The van der Waals surface area contributed by atoms with Crippen LogP contribution in [0.15, 0.2) is 30.3 Å². The lowest BCUT2D eigenvalue weighted by Crippen LogP contribution is -2.30. The molecule has 1 aliphatic rings. The molecule has 0 unspecified atom stereocenters. The second kappa shape index (κ2) is 5.68. The molecule has 92 valence electrons. The normalized spacial score (nSPS) is 19.4. The summed E-state index contributed by atoms with van der Waals surface area (Å²) in [5, 5.41) is 9.33. The summed E-state index contributed by atoms with van der Waals surface area (Å²) < 4.78 is 5.45. The van der Waals surface area contributed by atoms with Crippen molar-refractivity contribution < 1.29 is 14.6 Å². The Morgan fingerprint density at radius 3 is 2.82 bits per heavy atom. The van der Waals surface area contributed by atoms with Crippen molar-refractivity contribution >= 4 is 5.91 Å². The fraction of sp³-hybridized carbons (Fsp3) is 0.462. The largest absolute Gasteiger partial charge is 0.493 e. The number of ether oxygens (including phenoxy) is 1. The van der Waals surface area contributed by atoms with Gasteiger partial charge in [0.2, 0.25) is 5.91 Å². The Bertz CT molecular complexity index is 366. The molecular formula is C13H17NO3. The molecular weight excluding hydrogens is 218 g/mol. The first-order valence-electron chi connectivity index (χ1n) is 5.89. The first-order chi connectivity index (χ1) is 8.25. The molecule has 0 saturated carbocycles. The predicted molar refractivity (Wildman–Crippen MR) is 63.8 cm³/mol. The number of carbonyl (C=O) groups is 1. The van der Waals surface area contributed by atoms with Gasteiger partial charge in [0, 0.05) is 13.1 Å². The quantitative estimate of drug-likeness (QED) is 0.848. The Hall–Kier alpha value is -1.55. The topological polar surface area (TPSA) is 49.8 Å². The summed E-state index contributed by atoms with van der Waals surface area (Å²) in [6, 6.07) is 9.44. The first-order valence-corrected chi connectivity index (χ1v) is 5.89. The van der Waals surface area contributed by atoms with E-state index in [1.807, 2.05) is 30.3 Å². The maximum Gasteiger partial charge on any atom is 0.226 e. The number of likely N-dealkylation sites (tertiary alicyclic amines) is 1. The first kappa shape index (κ1) is 11.9. The number of hydrogen-bond donors (Lipinski definition) is 1. The Morgan fingerprint density at radius 1 is 1.41 bits per heavy atom. The number of nitrogens with zero attached hydrogens (tertiary/aromatic N) is 1. The van der Waals surface area contributed by atoms with Crippen LogP contribution in [0.2, 0.25) is 0 Å². The van der Waals surface area contributed by atoms with E-state index in [9.17, 15) is 9.90 Å². The molecule has 1 aliphatic heterocycles. The zero-order valence-corrected chi connectivity index (χ0v) is 9.71. The van der Waals surface area contributed by atoms with Gasteiger partial charge in [-0.15, -0.1) is 0 Å². The molecule has 1 N–H and O–H groups in total. The van der Waals surface area contributed by atoms with E-state index in [1.54, 1.807) is 4.90 Å². The highest BCUT2D eigenvalue weighted by molar-refractivity contribution is 5.76. The summed E-state index contributed by atoms with van der Waals surface area (Å²) in [5.41, 5.74) is 0. The predicted octanol–water partition coefficient (Wildman–Crippen LogP) is 1.05. The third-order valence-corrected chi connectivity index (χ3v) is 2.84. The van der Waals surface area contributed by atoms with Gasteiger partial charge in [-0.05, 0) is 18.6 Å². The van der Waals surface area contributed by atoms with Crippen LogP contribution in [0.5, 0.6) is 5.75 Å². The third kappa shape index (κ3) is 3.46. The highest BCUT2D eigenvalue weighted by atomic mass is 16.5. The lowest BCUT2D eigenvalue weighted by atomic mass is 10.3. The summed E-state index contributed by atoms with van der Waals surface area (Å²) >= 11 is 0. The SMILES string of the molecule is O=C(CCOc1ccccc1)N1CC[C@@H](O)C1. The Kier molecular flexibility index (Phi) is 3.98. The second-order valence-electron chi connectivity index (χ2n) is 4.19. The van der Waals surface area contributed by atoms with Crippen LogP contribution < -0.4 is 4.74 Å². The van der Waals surface area contributed by atoms with E-state index in [2.05, 4.69) is 0 Å². The standard InChI is InChI=1S/C13H17NO3/c15-11-6-8-14(10-11)13(16)7-9-17-12-4-2-1-3-5-12/h1-5,11,15H,6-10H2/t11-/m1/s1. The van der Waals surface area contributed by atoms with Gasteiger partial charge in [-0.3, -0.25) is 4.79 Å². The van der Waals surface area contributed by atoms with E-state index in [0.29, 0.717) is 32.5 Å². The minimum atomic E-state index is -0.353. The maximum absolute atomic E-state index is 11.7. The summed E-state index contributed by atoms with van der Waals surface area (Å²) in [6.45, 7) is 1.50. The van der Waals surface area contributed by atoms with Gasteiger partial charge in [0.25, 0.3) is 0 Å². The van der Waals surface area contributed by atoms with E-state index in [0.717, 1.165) is 5.75 Å². The van der Waals surface area contributed by atoms with Crippen LogP contribution in [0.1, 0.15) is 12.8 Å². The van der Waals surface area contributed by atoms with Gasteiger partial charge in [-0.2, -0.15) is 0 Å². The zero-order valence-electron chi connectivity index (χ0n) is 9.71.